The molecular formula is C61H60Br5N15OS3. The van der Waals surface area contributed by atoms with Crippen LogP contribution in [0, 0.1) is 0 Å². The van der Waals surface area contributed by atoms with Gasteiger partial charge in [-0.2, -0.15) is 15.3 Å². The number of thiocarbonyl (C=S) groups is 3. The van der Waals surface area contributed by atoms with E-state index in [1.807, 2.05) is 110 Å². The molecule has 0 bridgehead atoms. The zero-order valence-corrected chi connectivity index (χ0v) is 56.5. The summed E-state index contributed by atoms with van der Waals surface area (Å²) in [5.41, 5.74) is 2.85. The first kappa shape index (κ1) is 62.1. The summed E-state index contributed by atoms with van der Waals surface area (Å²) in [5.74, 6) is 3.64. The van der Waals surface area contributed by atoms with Crippen LogP contribution in [0.3, 0.4) is 0 Å². The minimum Gasteiger partial charge on any atom is -0.497 e. The Morgan fingerprint density at radius 3 is 1.21 bits per heavy atom. The van der Waals surface area contributed by atoms with E-state index in [0.29, 0.717) is 33.5 Å². The van der Waals surface area contributed by atoms with Crippen molar-refractivity contribution in [1.82, 2.24) is 46.5 Å². The number of fused-ring (bicyclic) bond motifs is 3. The molecule has 3 aromatic heterocycles. The molecule has 9 aromatic rings. The Bertz CT molecular complexity index is 3810. The van der Waals surface area contributed by atoms with Crippen molar-refractivity contribution in [2.75, 3.05) is 77.0 Å². The lowest BCUT2D eigenvalue weighted by Crippen LogP contribution is -2.46. The van der Waals surface area contributed by atoms with Crippen molar-refractivity contribution in [3.63, 3.8) is 0 Å². The van der Waals surface area contributed by atoms with Crippen LogP contribution >= 0.6 is 116 Å². The Hall–Kier alpha value is -5.99. The maximum Gasteiger partial charge on any atom is 0.171 e. The highest BCUT2D eigenvalue weighted by atomic mass is 79.9. The Morgan fingerprint density at radius 1 is 0.435 bits per heavy atom. The third-order valence-corrected chi connectivity index (χ3v) is 18.1. The second-order valence-electron chi connectivity index (χ2n) is 20.5. The standard InChI is InChI=1S/C21H22BrN5OS.2C20H19Br2N5S/c1-28-18-4-2-3-17(12-18)25-21(29)24-16-7-9-27(10-8-16)20-19-11-15(22)6-5-14(19)13-23-26-20;21-14-2-1-3-17(10-14)25-20(28)24-16-6-8-27(9-7-16)19-18-11-15(22)5-4-13(18)12-23-26-19;21-14-6-5-13-12-23-26-19(16(13)11-14)27-9-7-15(8-10-27)24-20(28)25-18-4-2-1-3-17(18)22/h2-6,11-13,16H,7-10H2,1H3,(H2,24,25,29);1-5,10-12,16H,6-9H2,(H2,24,25,28);1-6,11-12,15H,7-10H2,(H2,24,25,28). The van der Waals surface area contributed by atoms with Crippen LogP contribution in [0.25, 0.3) is 32.3 Å². The van der Waals surface area contributed by atoms with Gasteiger partial charge in [-0.15, -0.1) is 15.3 Å². The molecule has 3 fully saturated rings. The molecule has 24 heteroatoms. The molecule has 6 heterocycles. The summed E-state index contributed by atoms with van der Waals surface area (Å²) in [6, 6.07) is 43.3. The number of anilines is 6. The molecule has 3 aliphatic heterocycles. The van der Waals surface area contributed by atoms with E-state index < -0.39 is 0 Å². The molecular weight excluding hydrogens is 1450 g/mol. The molecule has 6 aromatic carbocycles. The predicted molar refractivity (Wildman–Crippen MR) is 377 cm³/mol. The second kappa shape index (κ2) is 30.1. The molecule has 0 unspecified atom stereocenters. The van der Waals surface area contributed by atoms with Crippen LogP contribution in [0.4, 0.5) is 34.5 Å². The van der Waals surface area contributed by atoms with Crippen molar-refractivity contribution in [3.8, 4) is 5.75 Å². The highest BCUT2D eigenvalue weighted by Crippen LogP contribution is 2.32. The summed E-state index contributed by atoms with van der Waals surface area (Å²) < 4.78 is 10.4. The largest absolute Gasteiger partial charge is 0.497 e. The third kappa shape index (κ3) is 17.2. The minimum atomic E-state index is 0.325. The summed E-state index contributed by atoms with van der Waals surface area (Å²) in [4.78, 5) is 6.92. The van der Waals surface area contributed by atoms with Gasteiger partial charge in [-0.1, -0.05) is 106 Å². The average Bonchev–Trinajstić information content (AvgIpc) is 3.59. The van der Waals surface area contributed by atoms with Gasteiger partial charge in [0.25, 0.3) is 0 Å². The van der Waals surface area contributed by atoms with Gasteiger partial charge in [-0.05, 0) is 170 Å². The number of hydrogen-bond donors (Lipinski definition) is 6. The van der Waals surface area contributed by atoms with Gasteiger partial charge in [0.1, 0.15) is 5.75 Å². The number of hydrogen-bond acceptors (Lipinski definition) is 13. The van der Waals surface area contributed by atoms with Crippen molar-refractivity contribution in [3.05, 3.63) is 168 Å². The number of halogens is 5. The van der Waals surface area contributed by atoms with Gasteiger partial charge in [-0.3, -0.25) is 0 Å². The molecule has 3 aliphatic rings. The number of ether oxygens (including phenoxy) is 1. The molecule has 3 saturated heterocycles. The first-order valence-electron chi connectivity index (χ1n) is 27.6. The molecule has 6 N–H and O–H groups in total. The van der Waals surface area contributed by atoms with E-state index in [9.17, 15) is 0 Å². The summed E-state index contributed by atoms with van der Waals surface area (Å²) in [6.07, 6.45) is 11.4. The quantitative estimate of drug-likeness (QED) is 0.0715. The van der Waals surface area contributed by atoms with Crippen molar-refractivity contribution < 1.29 is 4.74 Å². The van der Waals surface area contributed by atoms with E-state index in [-0.39, 0.29) is 0 Å². The van der Waals surface area contributed by atoms with E-state index in [2.05, 4.69) is 193 Å². The zero-order chi connectivity index (χ0) is 59.2. The number of nitrogens with zero attached hydrogens (tertiary/aromatic N) is 9. The number of methoxy groups -OCH3 is 1. The fourth-order valence-corrected chi connectivity index (χ4v) is 13.1. The van der Waals surface area contributed by atoms with Crippen LogP contribution in [-0.2, 0) is 0 Å². The molecule has 16 nitrogen and oxygen atoms in total. The molecule has 0 spiro atoms. The van der Waals surface area contributed by atoms with E-state index in [1.165, 1.54) is 0 Å². The predicted octanol–water partition coefficient (Wildman–Crippen LogP) is 14.6. The number of rotatable bonds is 10. The lowest BCUT2D eigenvalue weighted by atomic mass is 10.0. The fraction of sp³-hybridized carbons (Fsp3) is 0.262. The van der Waals surface area contributed by atoms with Crippen LogP contribution in [0.15, 0.2) is 168 Å². The lowest BCUT2D eigenvalue weighted by molar-refractivity contribution is 0.415. The summed E-state index contributed by atoms with van der Waals surface area (Å²) >= 11 is 34.2. The van der Waals surface area contributed by atoms with Crippen molar-refractivity contribution in [2.24, 2.45) is 0 Å². The van der Waals surface area contributed by atoms with Crippen LogP contribution in [0.2, 0.25) is 0 Å². The summed E-state index contributed by atoms with van der Waals surface area (Å²) in [6.45, 7) is 5.46. The monoisotopic (exact) mass is 1510 g/mol. The van der Waals surface area contributed by atoms with Crippen molar-refractivity contribution in [2.45, 2.75) is 56.7 Å². The van der Waals surface area contributed by atoms with Gasteiger partial charge in [0.2, 0.25) is 0 Å². The molecule has 12 rings (SSSR count). The smallest absolute Gasteiger partial charge is 0.171 e. The first-order chi connectivity index (χ1) is 41.3. The Morgan fingerprint density at radius 2 is 0.812 bits per heavy atom. The minimum absolute atomic E-state index is 0.325. The van der Waals surface area contributed by atoms with Gasteiger partial charge in [0.15, 0.2) is 32.8 Å². The Labute approximate surface area is 552 Å². The van der Waals surface area contributed by atoms with E-state index >= 15 is 0 Å². The zero-order valence-electron chi connectivity index (χ0n) is 46.1. The van der Waals surface area contributed by atoms with E-state index in [1.54, 1.807) is 7.11 Å². The number of aromatic nitrogens is 6. The van der Waals surface area contributed by atoms with Gasteiger partial charge in [-0.25, -0.2) is 0 Å². The van der Waals surface area contributed by atoms with Gasteiger partial charge in [0.05, 0.1) is 31.4 Å². The Balaban J connectivity index is 0.000000142. The summed E-state index contributed by atoms with van der Waals surface area (Å²) in [7, 11) is 1.66. The van der Waals surface area contributed by atoms with Crippen LogP contribution in [-0.4, -0.2) is 110 Å². The molecule has 0 saturated carbocycles. The topological polar surface area (TPSA) is 168 Å². The third-order valence-electron chi connectivity index (χ3n) is 14.7. The van der Waals surface area contributed by atoms with Crippen LogP contribution < -0.4 is 51.3 Å². The molecule has 0 amide bonds. The second-order valence-corrected chi connectivity index (χ2v) is 26.2. The Kier molecular flexibility index (Phi) is 22.0. The van der Waals surface area contributed by atoms with Crippen molar-refractivity contribution >= 4 is 198 Å². The average molecular weight is 1510 g/mol. The normalized spacial score (nSPS) is 14.8. The van der Waals surface area contributed by atoms with Crippen LogP contribution in [0.1, 0.15) is 38.5 Å². The molecule has 438 valence electrons. The molecule has 0 aliphatic carbocycles. The first-order valence-corrected chi connectivity index (χ1v) is 32.8. The van der Waals surface area contributed by atoms with Gasteiger partial charge in [0, 0.05) is 130 Å². The van der Waals surface area contributed by atoms with Gasteiger partial charge < -0.3 is 51.3 Å². The maximum atomic E-state index is 5.49. The molecule has 0 atom stereocenters. The summed E-state index contributed by atoms with van der Waals surface area (Å²) in [5, 5.41) is 54.5. The van der Waals surface area contributed by atoms with E-state index in [0.717, 1.165) is 173 Å². The van der Waals surface area contributed by atoms with E-state index in [4.69, 9.17) is 41.4 Å². The lowest BCUT2D eigenvalue weighted by Gasteiger charge is -2.34. The highest BCUT2D eigenvalue weighted by molar-refractivity contribution is 9.11. The fourth-order valence-electron chi connectivity index (χ4n) is 10.4. The van der Waals surface area contributed by atoms with Gasteiger partial charge >= 0.3 is 0 Å². The van der Waals surface area contributed by atoms with Crippen LogP contribution in [0.5, 0.6) is 5.75 Å². The highest BCUT2D eigenvalue weighted by Gasteiger charge is 2.26. The number of benzene rings is 6. The molecule has 85 heavy (non-hydrogen) atoms. The number of para-hydroxylation sites is 1. The SMILES string of the molecule is COc1cccc(NC(=S)NC2CCN(c3nncc4ccc(Br)cc34)CC2)c1.S=C(Nc1cccc(Br)c1)NC1CCN(c2nncc3ccc(Br)cc23)CC1.S=C(Nc1ccccc1Br)NC1CCN(c2nncc3ccc(Br)cc23)CC1. The number of nitrogens with one attached hydrogen (secondary N) is 6. The van der Waals surface area contributed by atoms with Crippen molar-refractivity contribution in [1.29, 1.82) is 0 Å². The molecule has 0 radical (unpaired) electrons. The number of piperidine rings is 3. The maximum absolute atomic E-state index is 5.49.